The van der Waals surface area contributed by atoms with Gasteiger partial charge < -0.3 is 14.8 Å². The van der Waals surface area contributed by atoms with Crippen molar-refractivity contribution in [1.82, 2.24) is 9.62 Å². The van der Waals surface area contributed by atoms with Gasteiger partial charge in [-0.3, -0.25) is 4.79 Å². The quantitative estimate of drug-likeness (QED) is 0.707. The molecule has 0 aliphatic carbocycles. The number of carbonyl (C=O) groups excluding carboxylic acids is 1. The fraction of sp³-hybridized carbons (Fsp3) is 0.435. The molecule has 8 heteroatoms. The topological polar surface area (TPSA) is 84.9 Å². The van der Waals surface area contributed by atoms with Crippen LogP contribution in [0.15, 0.2) is 41.3 Å². The van der Waals surface area contributed by atoms with Gasteiger partial charge in [-0.25, -0.2) is 8.42 Å². The maximum Gasteiger partial charge on any atom is 0.246 e. The van der Waals surface area contributed by atoms with Crippen LogP contribution in [0.5, 0.6) is 11.5 Å². The Morgan fingerprint density at radius 1 is 1.03 bits per heavy atom. The Kier molecular flexibility index (Phi) is 7.23. The van der Waals surface area contributed by atoms with Gasteiger partial charge in [-0.05, 0) is 67.6 Å². The molecule has 1 heterocycles. The summed E-state index contributed by atoms with van der Waals surface area (Å²) in [6.07, 6.45) is 1.42. The van der Waals surface area contributed by atoms with Crippen molar-refractivity contribution in [3.8, 4) is 11.5 Å². The molecule has 0 atom stereocenters. The Morgan fingerprint density at radius 3 is 2.23 bits per heavy atom. The van der Waals surface area contributed by atoms with Crippen molar-refractivity contribution in [1.29, 1.82) is 0 Å². The van der Waals surface area contributed by atoms with E-state index in [2.05, 4.69) is 5.32 Å². The van der Waals surface area contributed by atoms with E-state index in [0.717, 1.165) is 22.4 Å². The summed E-state index contributed by atoms with van der Waals surface area (Å²) in [5.74, 6) is 1.04. The minimum atomic E-state index is -3.67. The van der Waals surface area contributed by atoms with Crippen molar-refractivity contribution in [3.05, 3.63) is 53.1 Å². The second-order valence-electron chi connectivity index (χ2n) is 7.86. The number of hydrogen-bond acceptors (Lipinski definition) is 5. The number of sulfonamides is 1. The van der Waals surface area contributed by atoms with Crippen LogP contribution < -0.4 is 14.8 Å². The SMILES string of the molecule is COc1ccc(CC(=O)NC2CCN(S(=O)(=O)c3cc(C)c(C)cc3OC)CC2)cc1. The van der Waals surface area contributed by atoms with Crippen LogP contribution in [0.1, 0.15) is 29.5 Å². The van der Waals surface area contributed by atoms with Gasteiger partial charge in [-0.2, -0.15) is 4.31 Å². The van der Waals surface area contributed by atoms with E-state index in [9.17, 15) is 13.2 Å². The summed E-state index contributed by atoms with van der Waals surface area (Å²) in [7, 11) is -0.586. The Labute approximate surface area is 184 Å². The summed E-state index contributed by atoms with van der Waals surface area (Å²) >= 11 is 0. The van der Waals surface area contributed by atoms with Gasteiger partial charge in [0.1, 0.15) is 16.4 Å². The van der Waals surface area contributed by atoms with Crippen molar-refractivity contribution in [2.24, 2.45) is 0 Å². The molecule has 0 unspecified atom stereocenters. The molecule has 0 radical (unpaired) electrons. The summed E-state index contributed by atoms with van der Waals surface area (Å²) in [6.45, 7) is 4.52. The highest BCUT2D eigenvalue weighted by molar-refractivity contribution is 7.89. The number of piperidine rings is 1. The first-order valence-electron chi connectivity index (χ1n) is 10.3. The largest absolute Gasteiger partial charge is 0.497 e. The number of nitrogens with one attached hydrogen (secondary N) is 1. The Balaban J connectivity index is 1.59. The van der Waals surface area contributed by atoms with Crippen LogP contribution in [0.25, 0.3) is 0 Å². The molecular formula is C23H30N2O5S. The molecule has 2 aromatic rings. The number of carbonyl (C=O) groups is 1. The molecule has 0 saturated carbocycles. The van der Waals surface area contributed by atoms with E-state index in [4.69, 9.17) is 9.47 Å². The van der Waals surface area contributed by atoms with Crippen molar-refractivity contribution < 1.29 is 22.7 Å². The Morgan fingerprint density at radius 2 is 1.65 bits per heavy atom. The zero-order valence-electron chi connectivity index (χ0n) is 18.5. The van der Waals surface area contributed by atoms with Gasteiger partial charge in [-0.1, -0.05) is 12.1 Å². The lowest BCUT2D eigenvalue weighted by atomic mass is 10.1. The van der Waals surface area contributed by atoms with Crippen molar-refractivity contribution in [2.75, 3.05) is 27.3 Å². The number of methoxy groups -OCH3 is 2. The van der Waals surface area contributed by atoms with Crippen LogP contribution in [-0.4, -0.2) is 52.0 Å². The number of nitrogens with zero attached hydrogens (tertiary/aromatic N) is 1. The van der Waals surface area contributed by atoms with Gasteiger partial charge >= 0.3 is 0 Å². The molecule has 2 aromatic carbocycles. The van der Waals surface area contributed by atoms with E-state index in [-0.39, 0.29) is 23.3 Å². The zero-order chi connectivity index (χ0) is 22.6. The highest BCUT2D eigenvalue weighted by atomic mass is 32.2. The van der Waals surface area contributed by atoms with Crippen LogP contribution in [0.4, 0.5) is 0 Å². The van der Waals surface area contributed by atoms with E-state index in [1.165, 1.54) is 11.4 Å². The molecule has 3 rings (SSSR count). The Bertz CT molecular complexity index is 1030. The Hall–Kier alpha value is -2.58. The molecule has 0 aromatic heterocycles. The highest BCUT2D eigenvalue weighted by Crippen LogP contribution is 2.31. The predicted octanol–water partition coefficient (Wildman–Crippen LogP) is 2.83. The minimum absolute atomic E-state index is 0.0427. The first-order valence-corrected chi connectivity index (χ1v) is 11.8. The fourth-order valence-corrected chi connectivity index (χ4v) is 5.40. The smallest absolute Gasteiger partial charge is 0.246 e. The molecule has 1 N–H and O–H groups in total. The molecule has 0 spiro atoms. The normalized spacial score (nSPS) is 15.5. The van der Waals surface area contributed by atoms with Gasteiger partial charge in [-0.15, -0.1) is 0 Å². The molecule has 168 valence electrons. The third-order valence-corrected chi connectivity index (χ3v) is 7.66. The first-order chi connectivity index (χ1) is 14.7. The van der Waals surface area contributed by atoms with E-state index < -0.39 is 10.0 Å². The number of benzene rings is 2. The summed E-state index contributed by atoms with van der Waals surface area (Å²) in [5, 5.41) is 3.03. The van der Waals surface area contributed by atoms with Crippen molar-refractivity contribution in [3.63, 3.8) is 0 Å². The molecule has 1 saturated heterocycles. The molecule has 1 fully saturated rings. The van der Waals surface area contributed by atoms with Crippen LogP contribution in [0.2, 0.25) is 0 Å². The van der Waals surface area contributed by atoms with Crippen LogP contribution in [0.3, 0.4) is 0 Å². The summed E-state index contributed by atoms with van der Waals surface area (Å²) in [5.41, 5.74) is 2.79. The van der Waals surface area contributed by atoms with Gasteiger partial charge in [0, 0.05) is 19.1 Å². The van der Waals surface area contributed by atoms with E-state index in [0.29, 0.717) is 31.7 Å². The minimum Gasteiger partial charge on any atom is -0.497 e. The monoisotopic (exact) mass is 446 g/mol. The van der Waals surface area contributed by atoms with E-state index in [1.54, 1.807) is 19.2 Å². The number of hydrogen-bond donors (Lipinski definition) is 1. The lowest BCUT2D eigenvalue weighted by Crippen LogP contribution is -2.46. The van der Waals surface area contributed by atoms with Crippen LogP contribution in [0, 0.1) is 13.8 Å². The lowest BCUT2D eigenvalue weighted by molar-refractivity contribution is -0.121. The molecule has 0 bridgehead atoms. The van der Waals surface area contributed by atoms with E-state index in [1.807, 2.05) is 38.1 Å². The maximum atomic E-state index is 13.2. The first kappa shape index (κ1) is 23.1. The summed E-state index contributed by atoms with van der Waals surface area (Å²) in [6, 6.07) is 10.8. The van der Waals surface area contributed by atoms with Gasteiger partial charge in [0.15, 0.2) is 0 Å². The predicted molar refractivity (Wildman–Crippen MR) is 119 cm³/mol. The third kappa shape index (κ3) is 5.37. The molecule has 1 aliphatic heterocycles. The summed E-state index contributed by atoms with van der Waals surface area (Å²) < 4.78 is 38.3. The van der Waals surface area contributed by atoms with E-state index >= 15 is 0 Å². The molecular weight excluding hydrogens is 416 g/mol. The fourth-order valence-electron chi connectivity index (χ4n) is 3.71. The second kappa shape index (κ2) is 9.70. The number of aryl methyl sites for hydroxylation is 2. The van der Waals surface area contributed by atoms with Crippen molar-refractivity contribution in [2.45, 2.75) is 44.0 Å². The van der Waals surface area contributed by atoms with Crippen LogP contribution >= 0.6 is 0 Å². The van der Waals surface area contributed by atoms with Crippen molar-refractivity contribution >= 4 is 15.9 Å². The molecule has 1 aliphatic rings. The second-order valence-corrected chi connectivity index (χ2v) is 9.76. The molecule has 1 amide bonds. The lowest BCUT2D eigenvalue weighted by Gasteiger charge is -2.32. The molecule has 31 heavy (non-hydrogen) atoms. The standard InChI is InChI=1S/C23H30N2O5S/c1-16-13-21(30-4)22(14-17(16)2)31(27,28)25-11-9-19(10-12-25)24-23(26)15-18-5-7-20(29-3)8-6-18/h5-8,13-14,19H,9-12,15H2,1-4H3,(H,24,26). The van der Waals surface area contributed by atoms with Gasteiger partial charge in [0.25, 0.3) is 0 Å². The third-order valence-electron chi connectivity index (χ3n) is 5.74. The number of rotatable bonds is 7. The number of ether oxygens (including phenoxy) is 2. The number of amides is 1. The average molecular weight is 447 g/mol. The zero-order valence-corrected chi connectivity index (χ0v) is 19.3. The van der Waals surface area contributed by atoms with Gasteiger partial charge in [0.05, 0.1) is 20.6 Å². The summed E-state index contributed by atoms with van der Waals surface area (Å²) in [4.78, 5) is 12.6. The van der Waals surface area contributed by atoms with Crippen LogP contribution in [-0.2, 0) is 21.2 Å². The van der Waals surface area contributed by atoms with Gasteiger partial charge in [0.2, 0.25) is 15.9 Å². The maximum absolute atomic E-state index is 13.2. The average Bonchev–Trinajstić information content (AvgIpc) is 2.76. The highest BCUT2D eigenvalue weighted by Gasteiger charge is 2.32. The molecule has 7 nitrogen and oxygen atoms in total.